The molecule has 3 N–H and O–H groups in total. The second-order valence-corrected chi connectivity index (χ2v) is 5.28. The minimum Gasteiger partial charge on any atom is -0.374 e. The summed E-state index contributed by atoms with van der Waals surface area (Å²) in [5.74, 6) is 4.48. The third-order valence-corrected chi connectivity index (χ3v) is 3.88. The van der Waals surface area contributed by atoms with Crippen molar-refractivity contribution >= 4 is 0 Å². The van der Waals surface area contributed by atoms with Crippen LogP contribution in [0.3, 0.4) is 0 Å². The third-order valence-electron chi connectivity index (χ3n) is 3.88. The van der Waals surface area contributed by atoms with Crippen LogP contribution in [0.5, 0.6) is 0 Å². The highest BCUT2D eigenvalue weighted by Gasteiger charge is 2.36. The molecule has 19 heavy (non-hydrogen) atoms. The first-order valence-corrected chi connectivity index (χ1v) is 6.59. The van der Waals surface area contributed by atoms with Crippen LogP contribution < -0.4 is 11.3 Å². The summed E-state index contributed by atoms with van der Waals surface area (Å²) in [6.45, 7) is 2.68. The zero-order chi connectivity index (χ0) is 13.9. The molecule has 1 aromatic rings. The molecule has 0 spiro atoms. The molecular formula is C14H20F2N2O. The van der Waals surface area contributed by atoms with Crippen LogP contribution in [0.4, 0.5) is 8.78 Å². The van der Waals surface area contributed by atoms with Crippen LogP contribution >= 0.6 is 0 Å². The molecule has 5 heteroatoms. The van der Waals surface area contributed by atoms with Crippen LogP contribution in [-0.2, 0) is 11.2 Å². The van der Waals surface area contributed by atoms with E-state index in [1.807, 2.05) is 6.92 Å². The summed E-state index contributed by atoms with van der Waals surface area (Å²) in [7, 11) is 0. The van der Waals surface area contributed by atoms with Gasteiger partial charge in [-0.1, -0.05) is 6.07 Å². The molecule has 1 aliphatic rings. The number of nitrogens with one attached hydrogen (secondary N) is 1. The number of hydrazine groups is 1. The van der Waals surface area contributed by atoms with Crippen molar-refractivity contribution in [3.63, 3.8) is 0 Å². The molecule has 3 nitrogen and oxygen atoms in total. The molecule has 1 fully saturated rings. The van der Waals surface area contributed by atoms with Crippen molar-refractivity contribution in [1.29, 1.82) is 0 Å². The van der Waals surface area contributed by atoms with Gasteiger partial charge in [-0.15, -0.1) is 0 Å². The van der Waals surface area contributed by atoms with Crippen molar-refractivity contribution in [2.45, 2.75) is 44.2 Å². The van der Waals surface area contributed by atoms with E-state index in [-0.39, 0.29) is 6.04 Å². The van der Waals surface area contributed by atoms with Gasteiger partial charge in [0.1, 0.15) is 11.6 Å². The summed E-state index contributed by atoms with van der Waals surface area (Å²) in [4.78, 5) is 0. The SMILES string of the molecule is CC1(C(Cc2ccc(F)cc2F)NN)CCCCO1. The fourth-order valence-corrected chi connectivity index (χ4v) is 2.59. The number of halogens is 2. The smallest absolute Gasteiger partial charge is 0.129 e. The second-order valence-electron chi connectivity index (χ2n) is 5.28. The number of benzene rings is 1. The Bertz CT molecular complexity index is 433. The van der Waals surface area contributed by atoms with Gasteiger partial charge < -0.3 is 4.74 Å². The fourth-order valence-electron chi connectivity index (χ4n) is 2.59. The first kappa shape index (κ1) is 14.4. The van der Waals surface area contributed by atoms with Gasteiger partial charge in [0.05, 0.1) is 11.6 Å². The number of nitrogens with two attached hydrogens (primary N) is 1. The van der Waals surface area contributed by atoms with Crippen LogP contribution in [0.1, 0.15) is 31.7 Å². The van der Waals surface area contributed by atoms with E-state index < -0.39 is 17.2 Å². The van der Waals surface area contributed by atoms with Crippen molar-refractivity contribution in [1.82, 2.24) is 5.43 Å². The molecule has 1 heterocycles. The van der Waals surface area contributed by atoms with E-state index in [1.54, 1.807) is 0 Å². The molecule has 0 saturated carbocycles. The molecule has 2 atom stereocenters. The Labute approximate surface area is 112 Å². The van der Waals surface area contributed by atoms with E-state index >= 15 is 0 Å². The summed E-state index contributed by atoms with van der Waals surface area (Å²) in [5.41, 5.74) is 2.75. The lowest BCUT2D eigenvalue weighted by molar-refractivity contribution is -0.0885. The van der Waals surface area contributed by atoms with Gasteiger partial charge in [0, 0.05) is 12.7 Å². The molecule has 0 bridgehead atoms. The maximum atomic E-state index is 13.7. The van der Waals surface area contributed by atoms with Gasteiger partial charge in [-0.05, 0) is 44.2 Å². The second kappa shape index (κ2) is 5.94. The summed E-state index contributed by atoms with van der Waals surface area (Å²) in [6, 6.07) is 3.41. The van der Waals surface area contributed by atoms with Gasteiger partial charge in [0.2, 0.25) is 0 Å². The van der Waals surface area contributed by atoms with Crippen LogP contribution in [0.15, 0.2) is 18.2 Å². The molecular weight excluding hydrogens is 250 g/mol. The minimum absolute atomic E-state index is 0.201. The zero-order valence-electron chi connectivity index (χ0n) is 11.1. The molecule has 1 aliphatic heterocycles. The monoisotopic (exact) mass is 270 g/mol. The van der Waals surface area contributed by atoms with Gasteiger partial charge in [0.15, 0.2) is 0 Å². The minimum atomic E-state index is -0.571. The lowest BCUT2D eigenvalue weighted by Gasteiger charge is -2.40. The van der Waals surface area contributed by atoms with E-state index in [4.69, 9.17) is 10.6 Å². The maximum absolute atomic E-state index is 13.7. The molecule has 0 amide bonds. The van der Waals surface area contributed by atoms with Crippen LogP contribution in [0.25, 0.3) is 0 Å². The standard InChI is InChI=1S/C14H20F2N2O/c1-14(6-2-3-7-19-14)13(18-17)8-10-4-5-11(15)9-12(10)16/h4-5,9,13,18H,2-3,6-8,17H2,1H3. The summed E-state index contributed by atoms with van der Waals surface area (Å²) >= 11 is 0. The largest absolute Gasteiger partial charge is 0.374 e. The number of hydrogen-bond donors (Lipinski definition) is 2. The van der Waals surface area contributed by atoms with Gasteiger partial charge in [0.25, 0.3) is 0 Å². The summed E-state index contributed by atoms with van der Waals surface area (Å²) < 4.78 is 32.4. The molecule has 1 saturated heterocycles. The lowest BCUT2D eigenvalue weighted by Crippen LogP contribution is -2.55. The summed E-state index contributed by atoms with van der Waals surface area (Å²) in [6.07, 6.45) is 3.36. The Kier molecular flexibility index (Phi) is 4.50. The van der Waals surface area contributed by atoms with Crippen LogP contribution in [-0.4, -0.2) is 18.2 Å². The average molecular weight is 270 g/mol. The topological polar surface area (TPSA) is 47.3 Å². The van der Waals surface area contributed by atoms with Crippen molar-refractivity contribution in [3.8, 4) is 0 Å². The highest BCUT2D eigenvalue weighted by molar-refractivity contribution is 5.20. The van der Waals surface area contributed by atoms with E-state index in [0.717, 1.165) is 25.3 Å². The van der Waals surface area contributed by atoms with E-state index in [1.165, 1.54) is 12.1 Å². The van der Waals surface area contributed by atoms with Gasteiger partial charge in [-0.3, -0.25) is 11.3 Å². The summed E-state index contributed by atoms with van der Waals surface area (Å²) in [5, 5.41) is 0. The molecule has 0 aliphatic carbocycles. The van der Waals surface area contributed by atoms with Gasteiger partial charge in [-0.25, -0.2) is 8.78 Å². The number of hydrogen-bond acceptors (Lipinski definition) is 3. The average Bonchev–Trinajstić information content (AvgIpc) is 2.38. The Morgan fingerprint density at radius 2 is 2.21 bits per heavy atom. The van der Waals surface area contributed by atoms with Crippen molar-refractivity contribution in [2.24, 2.45) is 5.84 Å². The van der Waals surface area contributed by atoms with E-state index in [9.17, 15) is 8.78 Å². The van der Waals surface area contributed by atoms with Crippen LogP contribution in [0, 0.1) is 11.6 Å². The third kappa shape index (κ3) is 3.29. The van der Waals surface area contributed by atoms with Gasteiger partial charge >= 0.3 is 0 Å². The van der Waals surface area contributed by atoms with Crippen molar-refractivity contribution in [3.05, 3.63) is 35.4 Å². The first-order valence-electron chi connectivity index (χ1n) is 6.59. The fraction of sp³-hybridized carbons (Fsp3) is 0.571. The van der Waals surface area contributed by atoms with Crippen molar-refractivity contribution in [2.75, 3.05) is 6.61 Å². The normalized spacial score (nSPS) is 25.3. The van der Waals surface area contributed by atoms with Crippen LogP contribution in [0.2, 0.25) is 0 Å². The molecule has 1 aromatic carbocycles. The Morgan fingerprint density at radius 3 is 2.79 bits per heavy atom. The lowest BCUT2D eigenvalue weighted by atomic mass is 9.85. The van der Waals surface area contributed by atoms with E-state index in [2.05, 4.69) is 5.43 Å². The first-order chi connectivity index (χ1) is 9.05. The quantitative estimate of drug-likeness (QED) is 0.652. The highest BCUT2D eigenvalue weighted by atomic mass is 19.1. The molecule has 106 valence electrons. The van der Waals surface area contributed by atoms with Crippen molar-refractivity contribution < 1.29 is 13.5 Å². The maximum Gasteiger partial charge on any atom is 0.129 e. The van der Waals surface area contributed by atoms with Gasteiger partial charge in [-0.2, -0.15) is 0 Å². The predicted octanol–water partition coefficient (Wildman–Crippen LogP) is 2.30. The molecule has 0 aromatic heterocycles. The number of rotatable bonds is 4. The predicted molar refractivity (Wildman–Crippen MR) is 69.4 cm³/mol. The Morgan fingerprint density at radius 1 is 1.42 bits per heavy atom. The highest BCUT2D eigenvalue weighted by Crippen LogP contribution is 2.29. The van der Waals surface area contributed by atoms with E-state index in [0.29, 0.717) is 18.6 Å². The zero-order valence-corrected chi connectivity index (χ0v) is 11.1. The molecule has 2 unspecified atom stereocenters. The molecule has 2 rings (SSSR count). The molecule has 0 radical (unpaired) electrons. The Balaban J connectivity index is 2.14. The number of ether oxygens (including phenoxy) is 1. The Hall–Kier alpha value is -1.04.